The number of benzene rings is 1. The molecular weight excluding hydrogens is 246 g/mol. The van der Waals surface area contributed by atoms with Crippen LogP contribution in [0.3, 0.4) is 0 Å². The normalized spacial score (nSPS) is 19.5. The molecule has 0 aromatic heterocycles. The lowest BCUT2D eigenvalue weighted by Gasteiger charge is -2.31. The first-order valence-corrected chi connectivity index (χ1v) is 6.37. The van der Waals surface area contributed by atoms with Crippen LogP contribution in [0.25, 0.3) is 0 Å². The number of phenols is 2. The van der Waals surface area contributed by atoms with Crippen molar-refractivity contribution in [2.75, 3.05) is 13.1 Å². The summed E-state index contributed by atoms with van der Waals surface area (Å²) < 4.78 is 0. The van der Waals surface area contributed by atoms with Gasteiger partial charge in [-0.05, 0) is 24.6 Å². The summed E-state index contributed by atoms with van der Waals surface area (Å²) in [5, 5.41) is 18.6. The van der Waals surface area contributed by atoms with Crippen LogP contribution in [0, 0.1) is 5.92 Å². The summed E-state index contributed by atoms with van der Waals surface area (Å²) in [7, 11) is 0. The monoisotopic (exact) mass is 263 g/mol. The zero-order chi connectivity index (χ0) is 14.0. The molecule has 1 aliphatic heterocycles. The quantitative estimate of drug-likeness (QED) is 0.793. The molecule has 102 valence electrons. The molecule has 1 fully saturated rings. The predicted octanol–water partition coefficient (Wildman–Crippen LogP) is 1.54. The lowest BCUT2D eigenvalue weighted by Crippen LogP contribution is -2.43. The van der Waals surface area contributed by atoms with Gasteiger partial charge in [0.15, 0.2) is 11.5 Å². The van der Waals surface area contributed by atoms with Gasteiger partial charge in [0.05, 0.1) is 0 Å². The summed E-state index contributed by atoms with van der Waals surface area (Å²) in [6, 6.07) is 4.00. The third kappa shape index (κ3) is 2.70. The number of hydrogen-bond donors (Lipinski definition) is 2. The Kier molecular flexibility index (Phi) is 3.74. The highest BCUT2D eigenvalue weighted by Gasteiger charge is 2.29. The fourth-order valence-corrected chi connectivity index (χ4v) is 2.29. The van der Waals surface area contributed by atoms with Gasteiger partial charge in [0.25, 0.3) is 5.91 Å². The zero-order valence-electron chi connectivity index (χ0n) is 10.8. The third-order valence-electron chi connectivity index (χ3n) is 3.53. The van der Waals surface area contributed by atoms with Crippen molar-refractivity contribution in [1.29, 1.82) is 0 Å². The summed E-state index contributed by atoms with van der Waals surface area (Å²) in [6.45, 7) is 2.77. The second kappa shape index (κ2) is 5.30. The number of rotatable bonds is 2. The number of piperidine rings is 1. The van der Waals surface area contributed by atoms with Crippen LogP contribution in [-0.2, 0) is 4.79 Å². The van der Waals surface area contributed by atoms with Crippen molar-refractivity contribution in [3.8, 4) is 11.5 Å². The van der Waals surface area contributed by atoms with Crippen molar-refractivity contribution in [3.05, 3.63) is 23.8 Å². The first-order chi connectivity index (χ1) is 9.02. The molecule has 1 heterocycles. The Morgan fingerprint density at radius 3 is 2.74 bits per heavy atom. The van der Waals surface area contributed by atoms with E-state index in [-0.39, 0.29) is 29.1 Å². The van der Waals surface area contributed by atoms with Crippen LogP contribution in [-0.4, -0.2) is 39.9 Å². The van der Waals surface area contributed by atoms with Crippen molar-refractivity contribution in [2.24, 2.45) is 5.92 Å². The van der Waals surface area contributed by atoms with Crippen LogP contribution in [0.1, 0.15) is 30.1 Å². The van der Waals surface area contributed by atoms with Crippen molar-refractivity contribution in [2.45, 2.75) is 19.8 Å². The molecule has 1 saturated heterocycles. The van der Waals surface area contributed by atoms with Gasteiger partial charge in [0.1, 0.15) is 5.78 Å². The van der Waals surface area contributed by atoms with Gasteiger partial charge in [0, 0.05) is 31.0 Å². The molecule has 1 aromatic carbocycles. The van der Waals surface area contributed by atoms with E-state index in [9.17, 15) is 19.8 Å². The lowest BCUT2D eigenvalue weighted by molar-refractivity contribution is -0.125. The molecule has 0 bridgehead atoms. The minimum atomic E-state index is -0.314. The Labute approximate surface area is 111 Å². The van der Waals surface area contributed by atoms with Gasteiger partial charge in [-0.25, -0.2) is 0 Å². The first kappa shape index (κ1) is 13.4. The molecule has 5 nitrogen and oxygen atoms in total. The summed E-state index contributed by atoms with van der Waals surface area (Å²) in [5.74, 6) is -0.674. The number of hydrogen-bond acceptors (Lipinski definition) is 4. The highest BCUT2D eigenvalue weighted by atomic mass is 16.3. The van der Waals surface area contributed by atoms with Crippen molar-refractivity contribution in [1.82, 2.24) is 4.90 Å². The molecular formula is C14H17NO4. The fourth-order valence-electron chi connectivity index (χ4n) is 2.29. The van der Waals surface area contributed by atoms with Crippen molar-refractivity contribution < 1.29 is 19.8 Å². The van der Waals surface area contributed by atoms with E-state index in [1.54, 1.807) is 4.90 Å². The number of nitrogens with zero attached hydrogens (tertiary/aromatic N) is 1. The molecule has 2 N–H and O–H groups in total. The average Bonchev–Trinajstić information content (AvgIpc) is 2.41. The van der Waals surface area contributed by atoms with E-state index < -0.39 is 0 Å². The van der Waals surface area contributed by atoms with Crippen LogP contribution in [0.2, 0.25) is 0 Å². The molecule has 2 rings (SSSR count). The Bertz CT molecular complexity index is 512. The Balaban J connectivity index is 2.15. The molecule has 1 aliphatic rings. The predicted molar refractivity (Wildman–Crippen MR) is 69.1 cm³/mol. The first-order valence-electron chi connectivity index (χ1n) is 6.37. The van der Waals surface area contributed by atoms with Crippen LogP contribution in [0.4, 0.5) is 0 Å². The third-order valence-corrected chi connectivity index (χ3v) is 3.53. The molecule has 0 aliphatic carbocycles. The molecule has 1 atom stereocenters. The number of carbonyl (C=O) groups is 2. The second-order valence-corrected chi connectivity index (χ2v) is 4.78. The van der Waals surface area contributed by atoms with Gasteiger partial charge in [-0.15, -0.1) is 0 Å². The van der Waals surface area contributed by atoms with Gasteiger partial charge in [-0.2, -0.15) is 0 Å². The minimum Gasteiger partial charge on any atom is -0.504 e. The number of ketones is 1. The van der Waals surface area contributed by atoms with Crippen LogP contribution in [0.5, 0.6) is 11.5 Å². The molecule has 19 heavy (non-hydrogen) atoms. The minimum absolute atomic E-state index is 0.0941. The summed E-state index contributed by atoms with van der Waals surface area (Å²) >= 11 is 0. The van der Waals surface area contributed by atoms with Gasteiger partial charge < -0.3 is 15.1 Å². The van der Waals surface area contributed by atoms with Gasteiger partial charge in [0.2, 0.25) is 0 Å². The number of likely N-dealkylation sites (tertiary alicyclic amines) is 1. The fraction of sp³-hybridized carbons (Fsp3) is 0.429. The van der Waals surface area contributed by atoms with E-state index in [1.807, 2.05) is 6.92 Å². The van der Waals surface area contributed by atoms with Gasteiger partial charge in [-0.3, -0.25) is 9.59 Å². The van der Waals surface area contributed by atoms with E-state index in [2.05, 4.69) is 0 Å². The zero-order valence-corrected chi connectivity index (χ0v) is 10.8. The number of aromatic hydroxyl groups is 2. The van der Waals surface area contributed by atoms with E-state index >= 15 is 0 Å². The Morgan fingerprint density at radius 2 is 2.11 bits per heavy atom. The SMILES string of the molecule is CCC1CN(C(=O)c2ccc(O)c(O)c2)CCC1=O. The smallest absolute Gasteiger partial charge is 0.254 e. The maximum absolute atomic E-state index is 12.3. The van der Waals surface area contributed by atoms with Crippen LogP contribution >= 0.6 is 0 Å². The van der Waals surface area contributed by atoms with E-state index in [0.29, 0.717) is 25.1 Å². The largest absolute Gasteiger partial charge is 0.504 e. The lowest BCUT2D eigenvalue weighted by atomic mass is 9.93. The van der Waals surface area contributed by atoms with E-state index in [4.69, 9.17) is 0 Å². The van der Waals surface area contributed by atoms with Gasteiger partial charge in [-0.1, -0.05) is 6.92 Å². The maximum atomic E-state index is 12.3. The Morgan fingerprint density at radius 1 is 1.37 bits per heavy atom. The van der Waals surface area contributed by atoms with Crippen molar-refractivity contribution >= 4 is 11.7 Å². The second-order valence-electron chi connectivity index (χ2n) is 4.78. The van der Waals surface area contributed by atoms with Gasteiger partial charge >= 0.3 is 0 Å². The average molecular weight is 263 g/mol. The highest BCUT2D eigenvalue weighted by molar-refractivity contribution is 5.96. The number of amides is 1. The van der Waals surface area contributed by atoms with E-state index in [0.717, 1.165) is 6.42 Å². The molecule has 0 saturated carbocycles. The molecule has 0 radical (unpaired) electrons. The molecule has 1 unspecified atom stereocenters. The maximum Gasteiger partial charge on any atom is 0.254 e. The summed E-state index contributed by atoms with van der Waals surface area (Å²) in [4.78, 5) is 25.5. The molecule has 0 spiro atoms. The summed E-state index contributed by atoms with van der Waals surface area (Å²) in [5.41, 5.74) is 0.319. The van der Waals surface area contributed by atoms with Crippen molar-refractivity contribution in [3.63, 3.8) is 0 Å². The number of carbonyl (C=O) groups excluding carboxylic acids is 2. The topological polar surface area (TPSA) is 77.8 Å². The Hall–Kier alpha value is -2.04. The standard InChI is InChI=1S/C14H17NO4/c1-2-9-8-15(6-5-11(9)16)14(19)10-3-4-12(17)13(18)7-10/h3-4,7,9,17-18H,2,5-6,8H2,1H3. The van der Waals surface area contributed by atoms with Crippen LogP contribution in [0.15, 0.2) is 18.2 Å². The highest BCUT2D eigenvalue weighted by Crippen LogP contribution is 2.26. The molecule has 1 aromatic rings. The molecule has 1 amide bonds. The number of phenolic OH excluding ortho intramolecular Hbond substituents is 2. The number of Topliss-reactive ketones (excluding diaryl/α,β-unsaturated/α-hetero) is 1. The van der Waals surface area contributed by atoms with Crippen LogP contribution < -0.4 is 0 Å². The summed E-state index contributed by atoms with van der Waals surface area (Å²) in [6.07, 6.45) is 1.11. The molecule has 5 heteroatoms. The van der Waals surface area contributed by atoms with E-state index in [1.165, 1.54) is 18.2 Å².